The van der Waals surface area contributed by atoms with Gasteiger partial charge < -0.3 is 37.9 Å². The van der Waals surface area contributed by atoms with Crippen LogP contribution in [0.25, 0.3) is 0 Å². The second kappa shape index (κ2) is 19.4. The lowest BCUT2D eigenvalue weighted by Gasteiger charge is -2.61. The highest BCUT2D eigenvalue weighted by atomic mass is 28.4. The van der Waals surface area contributed by atoms with Gasteiger partial charge >= 0.3 is 24.1 Å². The van der Waals surface area contributed by atoms with E-state index in [2.05, 4.69) is 26.1 Å². The lowest BCUT2D eigenvalue weighted by atomic mass is 9.47. The Morgan fingerprint density at radius 2 is 1.43 bits per heavy atom. The Kier molecular flexibility index (Phi) is 15.0. The summed E-state index contributed by atoms with van der Waals surface area (Å²) >= 11 is 0. The molecule has 2 aromatic rings. The summed E-state index contributed by atoms with van der Waals surface area (Å²) in [5.41, 5.74) is -4.81. The van der Waals surface area contributed by atoms with Gasteiger partial charge in [0.1, 0.15) is 11.7 Å². The van der Waals surface area contributed by atoms with Gasteiger partial charge in [-0.3, -0.25) is 19.2 Å². The van der Waals surface area contributed by atoms with E-state index in [4.69, 9.17) is 32.5 Å². The van der Waals surface area contributed by atoms with Crippen LogP contribution >= 0.6 is 0 Å². The largest absolute Gasteiger partial charge is 0.509 e. The molecule has 2 bridgehead atoms. The van der Waals surface area contributed by atoms with Crippen molar-refractivity contribution in [2.45, 2.75) is 180 Å². The second-order valence-electron chi connectivity index (χ2n) is 21.7. The van der Waals surface area contributed by atoms with E-state index in [-0.39, 0.29) is 12.0 Å². The van der Waals surface area contributed by atoms with Crippen LogP contribution in [0.4, 0.5) is 4.79 Å². The van der Waals surface area contributed by atoms with Crippen molar-refractivity contribution in [2.75, 3.05) is 0 Å². The molecule has 1 heterocycles. The number of ketones is 1. The molecule has 16 heteroatoms. The normalized spacial score (nSPS) is 29.5. The Balaban J connectivity index is 1.59. The van der Waals surface area contributed by atoms with Crippen LogP contribution in [0.15, 0.2) is 84.0 Å². The Bertz CT molecular complexity index is 2360. The minimum atomic E-state index is -2.87. The average Bonchev–Trinajstić information content (AvgIpc) is 3.61. The van der Waals surface area contributed by atoms with Crippen molar-refractivity contribution in [2.24, 2.45) is 16.7 Å². The molecule has 376 valence electrons. The van der Waals surface area contributed by atoms with Crippen molar-refractivity contribution in [1.82, 2.24) is 5.32 Å². The van der Waals surface area contributed by atoms with Gasteiger partial charge in [0.05, 0.1) is 23.5 Å². The highest BCUT2D eigenvalue weighted by molar-refractivity contribution is 6.74. The van der Waals surface area contributed by atoms with E-state index >= 15 is 9.59 Å². The van der Waals surface area contributed by atoms with Crippen LogP contribution in [0.3, 0.4) is 0 Å². The number of hydrogen-bond donors (Lipinski definition) is 1. The maximum Gasteiger partial charge on any atom is 0.509 e. The number of carbonyl (C=O) groups is 6. The summed E-state index contributed by atoms with van der Waals surface area (Å²) in [6.07, 6.45) is -4.33. The minimum absolute atomic E-state index is 0.187. The van der Waals surface area contributed by atoms with E-state index < -0.39 is 122 Å². The molecular weight excluding hydrogens is 915 g/mol. The van der Waals surface area contributed by atoms with Gasteiger partial charge in [0.25, 0.3) is 5.91 Å². The Morgan fingerprint density at radius 3 is 1.97 bits per heavy atom. The Morgan fingerprint density at radius 1 is 0.855 bits per heavy atom. The predicted molar refractivity (Wildman–Crippen MR) is 264 cm³/mol. The molecule has 1 N–H and O–H groups in total. The summed E-state index contributed by atoms with van der Waals surface area (Å²) in [6.45, 7) is 27.5. The van der Waals surface area contributed by atoms with E-state index in [1.165, 1.54) is 13.8 Å². The van der Waals surface area contributed by atoms with Crippen LogP contribution in [0, 0.1) is 16.7 Å². The summed E-state index contributed by atoms with van der Waals surface area (Å²) in [5, 5.41) is 2.69. The van der Waals surface area contributed by atoms with E-state index in [9.17, 15) is 19.2 Å². The maximum absolute atomic E-state index is 16.2. The molecule has 4 aliphatic rings. The summed E-state index contributed by atoms with van der Waals surface area (Å²) in [7, 11) is -5.41. The zero-order chi connectivity index (χ0) is 51.3. The molecule has 14 nitrogen and oxygen atoms in total. The molecule has 1 saturated carbocycles. The van der Waals surface area contributed by atoms with Crippen molar-refractivity contribution in [1.29, 1.82) is 0 Å². The molecular formula is C53H73NO13Si2. The van der Waals surface area contributed by atoms with Crippen molar-refractivity contribution >= 4 is 52.4 Å². The van der Waals surface area contributed by atoms with Gasteiger partial charge in [-0.05, 0) is 92.0 Å². The smallest absolute Gasteiger partial charge is 0.456 e. The zero-order valence-electron chi connectivity index (χ0n) is 43.1. The number of benzene rings is 2. The molecule has 1 spiro atoms. The number of amides is 1. The third kappa shape index (κ3) is 9.54. The molecule has 0 unspecified atom stereocenters. The third-order valence-electron chi connectivity index (χ3n) is 16.3. The number of hydrogen-bond acceptors (Lipinski definition) is 13. The van der Waals surface area contributed by atoms with Crippen molar-refractivity contribution in [3.05, 3.63) is 95.1 Å². The highest BCUT2D eigenvalue weighted by Gasteiger charge is 2.77. The first-order valence-electron chi connectivity index (χ1n) is 24.3. The van der Waals surface area contributed by atoms with Crippen LogP contribution in [-0.4, -0.2) is 94.1 Å². The highest BCUT2D eigenvalue weighted by Crippen LogP contribution is 2.65. The number of carbonyl (C=O) groups excluding carboxylic acids is 6. The molecule has 1 aliphatic heterocycles. The van der Waals surface area contributed by atoms with Crippen LogP contribution < -0.4 is 5.32 Å². The molecule has 1 saturated heterocycles. The molecule has 0 aromatic heterocycles. The third-order valence-corrected chi connectivity index (χ3v) is 25.4. The summed E-state index contributed by atoms with van der Waals surface area (Å²) in [4.78, 5) is 86.4. The molecule has 1 amide bonds. The van der Waals surface area contributed by atoms with Gasteiger partial charge in [0.15, 0.2) is 46.3 Å². The fourth-order valence-electron chi connectivity index (χ4n) is 11.2. The molecule has 10 atom stereocenters. The summed E-state index contributed by atoms with van der Waals surface area (Å²) in [6, 6.07) is 18.8. The number of rotatable bonds is 15. The first kappa shape index (κ1) is 53.4. The Labute approximate surface area is 409 Å². The minimum Gasteiger partial charge on any atom is -0.456 e. The van der Waals surface area contributed by atoms with Gasteiger partial charge in [0.2, 0.25) is 0 Å². The number of ether oxygens (including phenoxy) is 5. The van der Waals surface area contributed by atoms with E-state index in [1.807, 2.05) is 39.9 Å². The fourth-order valence-corrected chi connectivity index (χ4v) is 15.3. The predicted octanol–water partition coefficient (Wildman–Crippen LogP) is 9.90. The van der Waals surface area contributed by atoms with Gasteiger partial charge in [-0.15, -0.1) is 0 Å². The lowest BCUT2D eigenvalue weighted by molar-refractivity contribution is -0.211. The van der Waals surface area contributed by atoms with E-state index in [0.717, 1.165) is 18.1 Å². The molecule has 69 heavy (non-hydrogen) atoms. The first-order valence-corrected chi connectivity index (χ1v) is 29.7. The number of esters is 3. The van der Waals surface area contributed by atoms with E-state index in [1.54, 1.807) is 101 Å². The number of Topliss-reactive ketones (excluding diaryl/α,β-unsaturated/α-hetero) is 1. The van der Waals surface area contributed by atoms with Gasteiger partial charge in [0, 0.05) is 31.2 Å². The molecule has 0 radical (unpaired) electrons. The summed E-state index contributed by atoms with van der Waals surface area (Å²) < 4.78 is 46.2. The molecule has 2 aromatic carbocycles. The molecule has 3 aliphatic carbocycles. The number of fused-ring (bicyclic) bond motifs is 3. The fraction of sp³-hybridized carbons (Fsp3) is 0.585. The summed E-state index contributed by atoms with van der Waals surface area (Å²) in [5.74, 6) is -4.46. The van der Waals surface area contributed by atoms with Crippen LogP contribution in [-0.2, 0) is 51.7 Å². The molecule has 6 rings (SSSR count). The van der Waals surface area contributed by atoms with Crippen LogP contribution in [0.5, 0.6) is 0 Å². The molecule has 2 fully saturated rings. The average molecular weight is 988 g/mol. The van der Waals surface area contributed by atoms with Gasteiger partial charge in [-0.25, -0.2) is 9.59 Å². The van der Waals surface area contributed by atoms with Crippen LogP contribution in [0.1, 0.15) is 118 Å². The van der Waals surface area contributed by atoms with Crippen molar-refractivity contribution < 1.29 is 61.3 Å². The first-order chi connectivity index (χ1) is 32.1. The number of nitrogens with one attached hydrogen (secondary N) is 1. The SMILES string of the molecule is CC[Si](CC)(CC)O[C@H]1C=C[C@](C)(OC(C)=O)[C@H]2[C@@H]3OC(=O)O[C@]34C[C@H](OC(=O)[C@H](O[Si](C)(C)C(C)(C)C)[C@@H](NC(=O)c3ccccc3)c3ccccc3)C(C)=C([C@@H](OC(C)=O)C(=O)[C@]12C)C4(C)C. The van der Waals surface area contributed by atoms with Crippen LogP contribution in [0.2, 0.25) is 36.3 Å². The lowest BCUT2D eigenvalue weighted by Crippen LogP contribution is -2.73. The quantitative estimate of drug-likeness (QED) is 0.0772. The maximum atomic E-state index is 16.2. The van der Waals surface area contributed by atoms with Crippen molar-refractivity contribution in [3.8, 4) is 0 Å². The Hall–Kier alpha value is -4.91. The zero-order valence-corrected chi connectivity index (χ0v) is 45.1. The van der Waals surface area contributed by atoms with Crippen molar-refractivity contribution in [3.63, 3.8) is 0 Å². The topological polar surface area (TPSA) is 179 Å². The monoisotopic (exact) mass is 987 g/mol. The standard InChI is InChI=1S/C53H73NO13Si2/c1-16-69(17-2,18-3)66-38-29-30-51(12,64-34(6)56)43-45-53(65-48(60)63-45)31-37(32(4)39(50(53,10)11)41(61-33(5)55)44(57)52(38,43)13)62-47(59)42(67-68(14,15)49(7,8)9)40(35-25-21-19-22-26-35)54-46(58)36-27-23-20-24-28-36/h19-30,37-38,40-43,45H,16-18,31H2,1-15H3,(H,54,58)/t37-,38-,40-,41+,42+,43+,45-,51-,52+,53+/m0/s1. The van der Waals surface area contributed by atoms with E-state index in [0.29, 0.717) is 16.7 Å². The van der Waals surface area contributed by atoms with Gasteiger partial charge in [-0.2, -0.15) is 0 Å². The second-order valence-corrected chi connectivity index (χ2v) is 31.2. The van der Waals surface area contributed by atoms with Gasteiger partial charge in [-0.1, -0.05) is 110 Å².